The van der Waals surface area contributed by atoms with Gasteiger partial charge < -0.3 is 4.98 Å². The van der Waals surface area contributed by atoms with Crippen LogP contribution in [0.15, 0.2) is 40.8 Å². The van der Waals surface area contributed by atoms with Crippen molar-refractivity contribution in [2.24, 2.45) is 0 Å². The predicted molar refractivity (Wildman–Crippen MR) is 73.9 cm³/mol. The zero-order valence-electron chi connectivity index (χ0n) is 11.0. The quantitative estimate of drug-likeness (QED) is 0.445. The molecule has 0 saturated carbocycles. The molecule has 0 fully saturated rings. The molecule has 0 saturated heterocycles. The van der Waals surface area contributed by atoms with E-state index in [0.29, 0.717) is 22.3 Å². The van der Waals surface area contributed by atoms with Gasteiger partial charge in [-0.25, -0.2) is 15.0 Å². The van der Waals surface area contributed by atoms with Gasteiger partial charge in [0.2, 0.25) is 0 Å². The lowest BCUT2D eigenvalue weighted by atomic mass is 10.2. The molecule has 23 heavy (non-hydrogen) atoms. The Morgan fingerprint density at radius 2 is 2.00 bits per heavy atom. The molecule has 0 spiro atoms. The van der Waals surface area contributed by atoms with Gasteiger partial charge in [0.15, 0.2) is 5.65 Å². The third-order valence-electron chi connectivity index (χ3n) is 2.88. The summed E-state index contributed by atoms with van der Waals surface area (Å²) in [7, 11) is 0. The number of hydrogen-bond donors (Lipinski definition) is 1. The normalized spacial score (nSPS) is 11.8. The molecule has 0 bridgehead atoms. The van der Waals surface area contributed by atoms with Crippen LogP contribution in [0.1, 0.15) is 5.56 Å². The smallest absolute Gasteiger partial charge is 0.341 e. The molecular formula is C12H6F3N5O2S. The molecule has 3 rings (SSSR count). The summed E-state index contributed by atoms with van der Waals surface area (Å²) in [5, 5.41) is 11.4. The Hall–Kier alpha value is -2.69. The van der Waals surface area contributed by atoms with Gasteiger partial charge >= 0.3 is 6.18 Å². The number of nitrogens with one attached hydrogen (secondary N) is 1. The highest BCUT2D eigenvalue weighted by molar-refractivity contribution is 7.99. The highest BCUT2D eigenvalue weighted by Crippen LogP contribution is 2.39. The molecule has 2 aromatic heterocycles. The molecule has 0 unspecified atom stereocenters. The second kappa shape index (κ2) is 5.50. The molecule has 1 aromatic carbocycles. The summed E-state index contributed by atoms with van der Waals surface area (Å²) in [4.78, 5) is 24.8. The molecule has 0 aliphatic carbocycles. The van der Waals surface area contributed by atoms with Gasteiger partial charge in [-0.05, 0) is 12.1 Å². The maximum atomic E-state index is 12.7. The Labute approximate surface area is 130 Å². The van der Waals surface area contributed by atoms with Gasteiger partial charge in [-0.15, -0.1) is 0 Å². The van der Waals surface area contributed by atoms with Crippen LogP contribution >= 0.6 is 11.8 Å². The van der Waals surface area contributed by atoms with Crippen molar-refractivity contribution in [3.8, 4) is 0 Å². The van der Waals surface area contributed by atoms with E-state index < -0.39 is 22.4 Å². The molecule has 2 heterocycles. The van der Waals surface area contributed by atoms with Gasteiger partial charge in [0, 0.05) is 6.07 Å². The second-order valence-electron chi connectivity index (χ2n) is 4.32. The van der Waals surface area contributed by atoms with E-state index in [-0.39, 0.29) is 4.90 Å². The molecule has 0 aliphatic rings. The largest absolute Gasteiger partial charge is 0.416 e. The van der Waals surface area contributed by atoms with Crippen molar-refractivity contribution in [2.45, 2.75) is 16.1 Å². The number of H-pyrrole nitrogens is 1. The molecule has 11 heteroatoms. The van der Waals surface area contributed by atoms with E-state index in [0.717, 1.165) is 23.9 Å². The lowest BCUT2D eigenvalue weighted by Crippen LogP contribution is -2.06. The van der Waals surface area contributed by atoms with Crippen LogP contribution in [0.25, 0.3) is 11.2 Å². The number of halogens is 3. The van der Waals surface area contributed by atoms with Crippen LogP contribution in [0.5, 0.6) is 0 Å². The molecule has 0 radical (unpaired) electrons. The van der Waals surface area contributed by atoms with Crippen molar-refractivity contribution < 1.29 is 18.1 Å². The van der Waals surface area contributed by atoms with E-state index in [1.165, 1.54) is 12.7 Å². The van der Waals surface area contributed by atoms with Gasteiger partial charge in [0.25, 0.3) is 5.69 Å². The number of nitro groups is 1. The first-order valence-corrected chi connectivity index (χ1v) is 6.85. The van der Waals surface area contributed by atoms with Gasteiger partial charge in [0.1, 0.15) is 16.9 Å². The fourth-order valence-corrected chi connectivity index (χ4v) is 2.78. The molecule has 3 aromatic rings. The number of fused-ring (bicyclic) bond motifs is 1. The topological polar surface area (TPSA) is 97.6 Å². The molecule has 0 atom stereocenters. The molecule has 7 nitrogen and oxygen atoms in total. The minimum atomic E-state index is -4.65. The van der Waals surface area contributed by atoms with Crippen LogP contribution < -0.4 is 0 Å². The number of benzene rings is 1. The second-order valence-corrected chi connectivity index (χ2v) is 5.35. The maximum absolute atomic E-state index is 12.7. The number of rotatable bonds is 3. The Morgan fingerprint density at radius 3 is 2.70 bits per heavy atom. The van der Waals surface area contributed by atoms with E-state index in [2.05, 4.69) is 19.9 Å². The fourth-order valence-electron chi connectivity index (χ4n) is 1.85. The van der Waals surface area contributed by atoms with Crippen molar-refractivity contribution in [3.63, 3.8) is 0 Å². The predicted octanol–water partition coefficient (Wildman–Crippen LogP) is 3.43. The standard InChI is InChI=1S/C12H6F3N5O2S/c13-12(14,15)6-1-2-8(7(3-6)20(21)22)23-11-9-10(17-4-16-9)18-5-19-11/h1-5H,(H,16,17,18,19). The maximum Gasteiger partial charge on any atom is 0.416 e. The minimum Gasteiger partial charge on any atom is -0.341 e. The summed E-state index contributed by atoms with van der Waals surface area (Å²) in [6.45, 7) is 0. The fraction of sp³-hybridized carbons (Fsp3) is 0.0833. The number of aromatic nitrogens is 4. The lowest BCUT2D eigenvalue weighted by Gasteiger charge is -2.08. The number of alkyl halides is 3. The SMILES string of the molecule is O=[N+]([O-])c1cc(C(F)(F)F)ccc1Sc1ncnc2nc[nH]c12. The van der Waals surface area contributed by atoms with Crippen molar-refractivity contribution in [1.29, 1.82) is 0 Å². The van der Waals surface area contributed by atoms with Crippen LogP contribution in [0, 0.1) is 10.1 Å². The van der Waals surface area contributed by atoms with E-state index in [4.69, 9.17) is 0 Å². The summed E-state index contributed by atoms with van der Waals surface area (Å²) in [6.07, 6.45) is -2.05. The summed E-state index contributed by atoms with van der Waals surface area (Å²) in [5.41, 5.74) is -0.914. The summed E-state index contributed by atoms with van der Waals surface area (Å²) in [5.74, 6) is 0. The Kier molecular flexibility index (Phi) is 3.64. The summed E-state index contributed by atoms with van der Waals surface area (Å²) < 4.78 is 38.1. The monoisotopic (exact) mass is 341 g/mol. The van der Waals surface area contributed by atoms with Gasteiger partial charge in [-0.1, -0.05) is 11.8 Å². The zero-order chi connectivity index (χ0) is 16.6. The van der Waals surface area contributed by atoms with Crippen LogP contribution in [0.4, 0.5) is 18.9 Å². The highest BCUT2D eigenvalue weighted by Gasteiger charge is 2.33. The van der Waals surface area contributed by atoms with E-state index in [9.17, 15) is 23.3 Å². The van der Waals surface area contributed by atoms with Crippen molar-refractivity contribution in [3.05, 3.63) is 46.5 Å². The van der Waals surface area contributed by atoms with Gasteiger partial charge in [-0.2, -0.15) is 13.2 Å². The Morgan fingerprint density at radius 1 is 1.22 bits per heavy atom. The summed E-state index contributed by atoms with van der Waals surface area (Å²) >= 11 is 0.865. The minimum absolute atomic E-state index is 0.0394. The average Bonchev–Trinajstić information content (AvgIpc) is 2.95. The lowest BCUT2D eigenvalue weighted by molar-refractivity contribution is -0.388. The first kappa shape index (κ1) is 15.2. The Bertz CT molecular complexity index is 896. The third-order valence-corrected chi connectivity index (χ3v) is 3.95. The Balaban J connectivity index is 2.06. The number of nitrogens with zero attached hydrogens (tertiary/aromatic N) is 4. The third kappa shape index (κ3) is 2.95. The zero-order valence-corrected chi connectivity index (χ0v) is 11.9. The van der Waals surface area contributed by atoms with Gasteiger partial charge in [0.05, 0.1) is 21.7 Å². The van der Waals surface area contributed by atoms with E-state index in [1.807, 2.05) is 0 Å². The number of imidazole rings is 1. The van der Waals surface area contributed by atoms with Gasteiger partial charge in [-0.3, -0.25) is 10.1 Å². The van der Waals surface area contributed by atoms with E-state index >= 15 is 0 Å². The number of hydrogen-bond acceptors (Lipinski definition) is 6. The molecule has 0 aliphatic heterocycles. The van der Waals surface area contributed by atoms with E-state index in [1.54, 1.807) is 0 Å². The van der Waals surface area contributed by atoms with Crippen molar-refractivity contribution in [1.82, 2.24) is 19.9 Å². The number of aromatic amines is 1. The molecule has 1 N–H and O–H groups in total. The summed E-state index contributed by atoms with van der Waals surface area (Å²) in [6, 6.07) is 2.35. The van der Waals surface area contributed by atoms with Crippen LogP contribution in [0.2, 0.25) is 0 Å². The average molecular weight is 341 g/mol. The first-order valence-electron chi connectivity index (χ1n) is 6.04. The van der Waals surface area contributed by atoms with Crippen LogP contribution in [-0.2, 0) is 6.18 Å². The van der Waals surface area contributed by atoms with Crippen LogP contribution in [-0.4, -0.2) is 24.9 Å². The van der Waals surface area contributed by atoms with Crippen molar-refractivity contribution >= 4 is 28.6 Å². The highest BCUT2D eigenvalue weighted by atomic mass is 32.2. The molecular weight excluding hydrogens is 335 g/mol. The molecule has 0 amide bonds. The van der Waals surface area contributed by atoms with Crippen molar-refractivity contribution in [2.75, 3.05) is 0 Å². The first-order chi connectivity index (χ1) is 10.9. The molecule has 118 valence electrons. The number of nitro benzene ring substituents is 1. The van der Waals surface area contributed by atoms with Crippen LogP contribution in [0.3, 0.4) is 0 Å².